The molecule has 15 heavy (non-hydrogen) atoms. The fourth-order valence-corrected chi connectivity index (χ4v) is 0.781. The number of carbonyl (C=O) groups excluding carboxylic acids is 1. The monoisotopic (exact) mass is 211 g/mol. The molecule has 3 nitrogen and oxygen atoms in total. The van der Waals surface area contributed by atoms with Crippen LogP contribution in [0, 0.1) is 0 Å². The van der Waals surface area contributed by atoms with Crippen LogP contribution in [-0.4, -0.2) is 13.4 Å². The molecule has 0 saturated heterocycles. The van der Waals surface area contributed by atoms with Gasteiger partial charge < -0.3 is 15.3 Å². The maximum atomic E-state index is 8.81. The predicted molar refractivity (Wildman–Crippen MR) is 64.7 cm³/mol. The van der Waals surface area contributed by atoms with Crippen LogP contribution in [0.1, 0.15) is 26.3 Å². The molecular formula is C12H21NO2. The normalized spacial score (nSPS) is 7.73. The topological polar surface area (TPSA) is 52.3 Å². The summed E-state index contributed by atoms with van der Waals surface area (Å²) in [7, 11) is 1.68. The van der Waals surface area contributed by atoms with Crippen LogP contribution in [0.15, 0.2) is 24.3 Å². The van der Waals surface area contributed by atoms with Crippen LogP contribution in [0.2, 0.25) is 0 Å². The summed E-state index contributed by atoms with van der Waals surface area (Å²) in [6.07, 6.45) is 0.750. The molecule has 1 aromatic rings. The molecule has 0 bridgehead atoms. The minimum Gasteiger partial charge on any atom is -0.399 e. The molecule has 86 valence electrons. The summed E-state index contributed by atoms with van der Waals surface area (Å²) in [5.41, 5.74) is 7.42. The van der Waals surface area contributed by atoms with Gasteiger partial charge in [0.1, 0.15) is 6.29 Å². The van der Waals surface area contributed by atoms with E-state index in [9.17, 15) is 0 Å². The molecule has 0 saturated carbocycles. The van der Waals surface area contributed by atoms with Gasteiger partial charge in [0.2, 0.25) is 0 Å². The standard InChI is InChI=1S/C8H11NO.C2H4O.C2H6/c1-10-6-7-2-4-8(9)5-3-7;1-2-3;1-2/h2-5H,6,9H2,1H3;2H,1H3;1-2H3. The van der Waals surface area contributed by atoms with E-state index in [0.717, 1.165) is 17.5 Å². The predicted octanol–water partition coefficient (Wildman–Crippen LogP) is 2.65. The highest BCUT2D eigenvalue weighted by atomic mass is 16.5. The summed E-state index contributed by atoms with van der Waals surface area (Å²) in [6.45, 7) is 6.10. The number of aldehydes is 1. The summed E-state index contributed by atoms with van der Waals surface area (Å²) in [4.78, 5) is 8.81. The molecule has 0 aliphatic rings. The van der Waals surface area contributed by atoms with Crippen molar-refractivity contribution in [3.63, 3.8) is 0 Å². The van der Waals surface area contributed by atoms with E-state index >= 15 is 0 Å². The van der Waals surface area contributed by atoms with Crippen LogP contribution in [0.4, 0.5) is 5.69 Å². The third-order valence-electron chi connectivity index (χ3n) is 1.29. The summed E-state index contributed by atoms with van der Waals surface area (Å²) >= 11 is 0. The number of anilines is 1. The van der Waals surface area contributed by atoms with E-state index in [1.165, 1.54) is 6.92 Å². The molecule has 0 aliphatic heterocycles. The minimum absolute atomic E-state index is 0.653. The van der Waals surface area contributed by atoms with E-state index in [-0.39, 0.29) is 0 Å². The molecule has 0 atom stereocenters. The van der Waals surface area contributed by atoms with Crippen LogP contribution >= 0.6 is 0 Å². The van der Waals surface area contributed by atoms with Crippen LogP contribution < -0.4 is 5.73 Å². The van der Waals surface area contributed by atoms with Crippen molar-refractivity contribution in [3.8, 4) is 0 Å². The zero-order valence-electron chi connectivity index (χ0n) is 9.99. The molecule has 0 aliphatic carbocycles. The Morgan fingerprint density at radius 3 is 2.00 bits per heavy atom. The molecule has 1 aromatic carbocycles. The average Bonchev–Trinajstić information content (AvgIpc) is 2.26. The fourth-order valence-electron chi connectivity index (χ4n) is 0.781. The van der Waals surface area contributed by atoms with Gasteiger partial charge in [-0.25, -0.2) is 0 Å². The Morgan fingerprint density at radius 2 is 1.67 bits per heavy atom. The average molecular weight is 211 g/mol. The number of ether oxygens (including phenoxy) is 1. The van der Waals surface area contributed by atoms with Gasteiger partial charge in [-0.15, -0.1) is 0 Å². The first-order valence-electron chi connectivity index (χ1n) is 4.97. The molecule has 0 amide bonds. The van der Waals surface area contributed by atoms with Gasteiger partial charge in [-0.3, -0.25) is 0 Å². The highest BCUT2D eigenvalue weighted by Gasteiger charge is 1.88. The van der Waals surface area contributed by atoms with E-state index in [1.54, 1.807) is 7.11 Å². The first kappa shape index (κ1) is 16.1. The lowest BCUT2D eigenvalue weighted by molar-refractivity contribution is -0.106. The maximum Gasteiger partial charge on any atom is 0.116 e. The number of nitrogen functional groups attached to an aromatic ring is 1. The Bertz CT molecular complexity index is 232. The summed E-state index contributed by atoms with van der Waals surface area (Å²) in [6, 6.07) is 7.65. The number of methoxy groups -OCH3 is 1. The largest absolute Gasteiger partial charge is 0.399 e. The minimum atomic E-state index is 0.653. The Morgan fingerprint density at radius 1 is 1.27 bits per heavy atom. The fraction of sp³-hybridized carbons (Fsp3) is 0.417. The van der Waals surface area contributed by atoms with Crippen molar-refractivity contribution in [2.75, 3.05) is 12.8 Å². The second-order valence-electron chi connectivity index (χ2n) is 2.41. The van der Waals surface area contributed by atoms with Crippen molar-refractivity contribution < 1.29 is 9.53 Å². The molecule has 0 spiro atoms. The number of carbonyl (C=O) groups is 1. The first-order valence-corrected chi connectivity index (χ1v) is 4.97. The Kier molecular flexibility index (Phi) is 13.6. The molecule has 2 N–H and O–H groups in total. The van der Waals surface area contributed by atoms with Gasteiger partial charge in [-0.05, 0) is 24.6 Å². The lowest BCUT2D eigenvalue weighted by Crippen LogP contribution is -1.88. The summed E-state index contributed by atoms with van der Waals surface area (Å²) in [5.74, 6) is 0. The number of benzene rings is 1. The van der Waals surface area contributed by atoms with Gasteiger partial charge in [-0.2, -0.15) is 0 Å². The van der Waals surface area contributed by atoms with Gasteiger partial charge in [0, 0.05) is 12.8 Å². The van der Waals surface area contributed by atoms with Crippen molar-refractivity contribution in [2.45, 2.75) is 27.4 Å². The molecule has 0 fully saturated rings. The van der Waals surface area contributed by atoms with Crippen LogP contribution in [0.5, 0.6) is 0 Å². The Labute approximate surface area is 92.2 Å². The molecule has 0 radical (unpaired) electrons. The SMILES string of the molecule is CC.CC=O.COCc1ccc(N)cc1. The lowest BCUT2D eigenvalue weighted by atomic mass is 10.2. The third kappa shape index (κ3) is 10.6. The van der Waals surface area contributed by atoms with E-state index in [0.29, 0.717) is 6.61 Å². The molecular weight excluding hydrogens is 190 g/mol. The Balaban J connectivity index is 0. The second-order valence-corrected chi connectivity index (χ2v) is 2.41. The molecule has 0 aromatic heterocycles. The van der Waals surface area contributed by atoms with Gasteiger partial charge in [-0.1, -0.05) is 26.0 Å². The number of rotatable bonds is 2. The van der Waals surface area contributed by atoms with Gasteiger partial charge in [0.05, 0.1) is 6.61 Å². The highest BCUT2D eigenvalue weighted by Crippen LogP contribution is 2.05. The zero-order chi connectivity index (χ0) is 12.1. The number of hydrogen-bond acceptors (Lipinski definition) is 3. The van der Waals surface area contributed by atoms with Crippen LogP contribution in [0.3, 0.4) is 0 Å². The van der Waals surface area contributed by atoms with E-state index in [2.05, 4.69) is 0 Å². The maximum absolute atomic E-state index is 8.81. The van der Waals surface area contributed by atoms with Gasteiger partial charge >= 0.3 is 0 Å². The van der Waals surface area contributed by atoms with Crippen LogP contribution in [0.25, 0.3) is 0 Å². The van der Waals surface area contributed by atoms with Gasteiger partial charge in [0.25, 0.3) is 0 Å². The van der Waals surface area contributed by atoms with Crippen molar-refractivity contribution >= 4 is 12.0 Å². The molecule has 0 unspecified atom stereocenters. The van der Waals surface area contributed by atoms with Crippen molar-refractivity contribution in [1.29, 1.82) is 0 Å². The van der Waals surface area contributed by atoms with Crippen molar-refractivity contribution in [1.82, 2.24) is 0 Å². The molecule has 3 heteroatoms. The molecule has 0 heterocycles. The van der Waals surface area contributed by atoms with Gasteiger partial charge in [0.15, 0.2) is 0 Å². The quantitative estimate of drug-likeness (QED) is 0.604. The second kappa shape index (κ2) is 12.7. The van der Waals surface area contributed by atoms with E-state index < -0.39 is 0 Å². The molecule has 1 rings (SSSR count). The van der Waals surface area contributed by atoms with Crippen LogP contribution in [-0.2, 0) is 16.1 Å². The van der Waals surface area contributed by atoms with Crippen molar-refractivity contribution in [2.24, 2.45) is 0 Å². The first-order chi connectivity index (χ1) is 7.24. The zero-order valence-corrected chi connectivity index (χ0v) is 9.99. The number of hydrogen-bond donors (Lipinski definition) is 1. The number of nitrogens with two attached hydrogens (primary N) is 1. The third-order valence-corrected chi connectivity index (χ3v) is 1.29. The lowest BCUT2D eigenvalue weighted by Gasteiger charge is -1.98. The Hall–Kier alpha value is -1.35. The smallest absolute Gasteiger partial charge is 0.116 e. The highest BCUT2D eigenvalue weighted by molar-refractivity contribution is 5.44. The van der Waals surface area contributed by atoms with E-state index in [1.807, 2.05) is 38.1 Å². The van der Waals surface area contributed by atoms with Crippen molar-refractivity contribution in [3.05, 3.63) is 29.8 Å². The summed E-state index contributed by atoms with van der Waals surface area (Å²) < 4.78 is 4.93. The summed E-state index contributed by atoms with van der Waals surface area (Å²) in [5, 5.41) is 0. The van der Waals surface area contributed by atoms with E-state index in [4.69, 9.17) is 15.3 Å².